The van der Waals surface area contributed by atoms with Crippen LogP contribution in [-0.2, 0) is 11.2 Å². The number of benzene rings is 1. The Morgan fingerprint density at radius 3 is 2.90 bits per heavy atom. The molecule has 1 fully saturated rings. The number of fused-ring (bicyclic) bond motifs is 1. The second-order valence-electron chi connectivity index (χ2n) is 5.73. The summed E-state index contributed by atoms with van der Waals surface area (Å²) in [4.78, 5) is 16.9. The van der Waals surface area contributed by atoms with Crippen LogP contribution in [0.2, 0.25) is 0 Å². The number of hydrogen-bond acceptors (Lipinski definition) is 4. The standard InChI is InChI=1S/C16H23N3O2/c17-6-9-18-7-3-8-19(11-10-18)16(20)15-12-13-4-1-2-5-14(13)21-15/h1-2,4-5,15H,3,6-12,17H2. The summed E-state index contributed by atoms with van der Waals surface area (Å²) >= 11 is 0. The molecular weight excluding hydrogens is 266 g/mol. The van der Waals surface area contributed by atoms with E-state index in [1.54, 1.807) is 0 Å². The van der Waals surface area contributed by atoms with Crippen molar-refractivity contribution in [3.63, 3.8) is 0 Å². The summed E-state index contributed by atoms with van der Waals surface area (Å²) < 4.78 is 5.81. The van der Waals surface area contributed by atoms with Crippen LogP contribution in [0.1, 0.15) is 12.0 Å². The van der Waals surface area contributed by atoms with Gasteiger partial charge in [-0.3, -0.25) is 4.79 Å². The van der Waals surface area contributed by atoms with E-state index in [2.05, 4.69) is 4.90 Å². The molecule has 0 spiro atoms. The highest BCUT2D eigenvalue weighted by atomic mass is 16.5. The summed E-state index contributed by atoms with van der Waals surface area (Å²) in [6.07, 6.45) is 1.35. The zero-order valence-corrected chi connectivity index (χ0v) is 12.3. The van der Waals surface area contributed by atoms with Gasteiger partial charge in [-0.05, 0) is 24.6 Å². The van der Waals surface area contributed by atoms with E-state index in [-0.39, 0.29) is 12.0 Å². The molecule has 3 rings (SSSR count). The maximum absolute atomic E-state index is 12.6. The minimum Gasteiger partial charge on any atom is -0.480 e. The third-order valence-corrected chi connectivity index (χ3v) is 4.27. The number of amides is 1. The molecular formula is C16H23N3O2. The first-order chi connectivity index (χ1) is 10.3. The van der Waals surface area contributed by atoms with Crippen LogP contribution in [0.25, 0.3) is 0 Å². The van der Waals surface area contributed by atoms with Gasteiger partial charge in [0.25, 0.3) is 5.91 Å². The monoisotopic (exact) mass is 289 g/mol. The van der Waals surface area contributed by atoms with E-state index in [1.165, 1.54) is 0 Å². The summed E-state index contributed by atoms with van der Waals surface area (Å²) in [5.74, 6) is 0.983. The van der Waals surface area contributed by atoms with Crippen molar-refractivity contribution in [2.24, 2.45) is 5.73 Å². The van der Waals surface area contributed by atoms with Crippen molar-refractivity contribution in [3.05, 3.63) is 29.8 Å². The molecule has 2 aliphatic heterocycles. The second kappa shape index (κ2) is 6.45. The van der Waals surface area contributed by atoms with E-state index in [4.69, 9.17) is 10.5 Å². The molecule has 0 saturated carbocycles. The molecule has 1 aromatic carbocycles. The number of nitrogens with two attached hydrogens (primary N) is 1. The number of carbonyl (C=O) groups excluding carboxylic acids is 1. The van der Waals surface area contributed by atoms with Gasteiger partial charge in [-0.15, -0.1) is 0 Å². The smallest absolute Gasteiger partial charge is 0.264 e. The Morgan fingerprint density at radius 1 is 1.24 bits per heavy atom. The van der Waals surface area contributed by atoms with Crippen molar-refractivity contribution >= 4 is 5.91 Å². The largest absolute Gasteiger partial charge is 0.480 e. The van der Waals surface area contributed by atoms with Crippen LogP contribution in [0.4, 0.5) is 0 Å². The van der Waals surface area contributed by atoms with E-state index in [0.717, 1.165) is 50.5 Å². The molecule has 1 unspecified atom stereocenters. The molecule has 0 bridgehead atoms. The minimum absolute atomic E-state index is 0.126. The molecule has 1 saturated heterocycles. The van der Waals surface area contributed by atoms with E-state index in [0.29, 0.717) is 13.0 Å². The average Bonchev–Trinajstić information content (AvgIpc) is 2.80. The van der Waals surface area contributed by atoms with Crippen LogP contribution in [0, 0.1) is 0 Å². The highest BCUT2D eigenvalue weighted by molar-refractivity contribution is 5.82. The molecule has 2 heterocycles. The molecule has 1 amide bonds. The Hall–Kier alpha value is -1.59. The molecule has 1 aromatic rings. The average molecular weight is 289 g/mol. The Labute approximate surface area is 125 Å². The molecule has 21 heavy (non-hydrogen) atoms. The van der Waals surface area contributed by atoms with Crippen LogP contribution in [0.5, 0.6) is 5.75 Å². The highest BCUT2D eigenvalue weighted by Crippen LogP contribution is 2.29. The van der Waals surface area contributed by atoms with Crippen LogP contribution in [-0.4, -0.2) is 61.1 Å². The Balaban J connectivity index is 1.59. The topological polar surface area (TPSA) is 58.8 Å². The van der Waals surface area contributed by atoms with Gasteiger partial charge < -0.3 is 20.3 Å². The molecule has 5 heteroatoms. The van der Waals surface area contributed by atoms with E-state index >= 15 is 0 Å². The Bertz CT molecular complexity index is 481. The van der Waals surface area contributed by atoms with Crippen molar-refractivity contribution in [1.82, 2.24) is 9.80 Å². The van der Waals surface area contributed by atoms with Gasteiger partial charge in [0.1, 0.15) is 5.75 Å². The van der Waals surface area contributed by atoms with E-state index < -0.39 is 0 Å². The number of ether oxygens (including phenoxy) is 1. The zero-order chi connectivity index (χ0) is 14.7. The lowest BCUT2D eigenvalue weighted by molar-refractivity contribution is -0.137. The van der Waals surface area contributed by atoms with Crippen LogP contribution < -0.4 is 10.5 Å². The molecule has 5 nitrogen and oxygen atoms in total. The first-order valence-electron chi connectivity index (χ1n) is 7.73. The molecule has 2 N–H and O–H groups in total. The molecule has 0 aromatic heterocycles. The first kappa shape index (κ1) is 14.4. The molecule has 1 atom stereocenters. The number of nitrogens with zero attached hydrogens (tertiary/aromatic N) is 2. The maximum atomic E-state index is 12.6. The lowest BCUT2D eigenvalue weighted by atomic mass is 10.1. The summed E-state index contributed by atoms with van der Waals surface area (Å²) in [6.45, 7) is 5.10. The summed E-state index contributed by atoms with van der Waals surface area (Å²) in [6, 6.07) is 7.91. The van der Waals surface area contributed by atoms with Gasteiger partial charge in [0.05, 0.1) is 0 Å². The third kappa shape index (κ3) is 3.19. The van der Waals surface area contributed by atoms with Crippen LogP contribution in [0.15, 0.2) is 24.3 Å². The van der Waals surface area contributed by atoms with Gasteiger partial charge in [-0.1, -0.05) is 18.2 Å². The summed E-state index contributed by atoms with van der Waals surface area (Å²) in [5.41, 5.74) is 6.75. The van der Waals surface area contributed by atoms with Crippen LogP contribution >= 0.6 is 0 Å². The highest BCUT2D eigenvalue weighted by Gasteiger charge is 2.32. The third-order valence-electron chi connectivity index (χ3n) is 4.27. The van der Waals surface area contributed by atoms with Crippen molar-refractivity contribution in [1.29, 1.82) is 0 Å². The molecule has 2 aliphatic rings. The molecule has 114 valence electrons. The fraction of sp³-hybridized carbons (Fsp3) is 0.562. The lowest BCUT2D eigenvalue weighted by Gasteiger charge is -2.24. The molecule has 0 aliphatic carbocycles. The summed E-state index contributed by atoms with van der Waals surface area (Å²) in [7, 11) is 0. The minimum atomic E-state index is -0.344. The number of carbonyl (C=O) groups is 1. The fourth-order valence-corrected chi connectivity index (χ4v) is 3.12. The van der Waals surface area contributed by atoms with Crippen molar-refractivity contribution < 1.29 is 9.53 Å². The zero-order valence-electron chi connectivity index (χ0n) is 12.3. The van der Waals surface area contributed by atoms with E-state index in [1.807, 2.05) is 29.2 Å². The van der Waals surface area contributed by atoms with Gasteiger partial charge in [-0.25, -0.2) is 0 Å². The SMILES string of the molecule is NCCN1CCCN(C(=O)C2Cc3ccccc3O2)CC1. The summed E-state index contributed by atoms with van der Waals surface area (Å²) in [5, 5.41) is 0. The van der Waals surface area contributed by atoms with Gasteiger partial charge in [-0.2, -0.15) is 0 Å². The number of para-hydroxylation sites is 1. The Morgan fingerprint density at radius 2 is 2.10 bits per heavy atom. The second-order valence-corrected chi connectivity index (χ2v) is 5.73. The Kier molecular flexibility index (Phi) is 4.41. The maximum Gasteiger partial charge on any atom is 0.264 e. The van der Waals surface area contributed by atoms with Crippen molar-refractivity contribution in [2.75, 3.05) is 39.3 Å². The van der Waals surface area contributed by atoms with Gasteiger partial charge >= 0.3 is 0 Å². The first-order valence-corrected chi connectivity index (χ1v) is 7.73. The van der Waals surface area contributed by atoms with E-state index in [9.17, 15) is 4.79 Å². The predicted octanol–water partition coefficient (Wildman–Crippen LogP) is 0.483. The molecule has 0 radical (unpaired) electrons. The quantitative estimate of drug-likeness (QED) is 0.879. The van der Waals surface area contributed by atoms with Gasteiger partial charge in [0, 0.05) is 39.1 Å². The number of hydrogen-bond donors (Lipinski definition) is 1. The predicted molar refractivity (Wildman–Crippen MR) is 81.3 cm³/mol. The van der Waals surface area contributed by atoms with Gasteiger partial charge in [0.15, 0.2) is 6.10 Å². The number of rotatable bonds is 3. The normalized spacial score (nSPS) is 22.5. The lowest BCUT2D eigenvalue weighted by Crippen LogP contribution is -2.43. The van der Waals surface area contributed by atoms with Crippen molar-refractivity contribution in [2.45, 2.75) is 18.9 Å². The van der Waals surface area contributed by atoms with Crippen LogP contribution in [0.3, 0.4) is 0 Å². The van der Waals surface area contributed by atoms with Gasteiger partial charge in [0.2, 0.25) is 0 Å². The van der Waals surface area contributed by atoms with Crippen molar-refractivity contribution in [3.8, 4) is 5.75 Å². The fourth-order valence-electron chi connectivity index (χ4n) is 3.12.